The van der Waals surface area contributed by atoms with Crippen LogP contribution in [0.3, 0.4) is 0 Å². The summed E-state index contributed by atoms with van der Waals surface area (Å²) >= 11 is 0. The largest absolute Gasteiger partial charge is 0.505 e. The van der Waals surface area contributed by atoms with Crippen LogP contribution in [0.5, 0.6) is 5.75 Å². The SMILES string of the molecule is CC(NC(=O)c1ccncc1O)c1ccncc1. The Morgan fingerprint density at radius 1 is 1.22 bits per heavy atom. The second-order valence-corrected chi connectivity index (χ2v) is 3.87. The van der Waals surface area contributed by atoms with Crippen molar-refractivity contribution in [2.75, 3.05) is 0 Å². The standard InChI is InChI=1S/C13H13N3O2/c1-9(10-2-5-14-6-3-10)16-13(18)11-4-7-15-8-12(11)17/h2-9,17H,1H3,(H,16,18). The van der Waals surface area contributed by atoms with Gasteiger partial charge < -0.3 is 10.4 Å². The summed E-state index contributed by atoms with van der Waals surface area (Å²) in [5.41, 5.74) is 1.16. The first-order chi connectivity index (χ1) is 8.68. The molecule has 0 bridgehead atoms. The summed E-state index contributed by atoms with van der Waals surface area (Å²) in [4.78, 5) is 19.6. The van der Waals surface area contributed by atoms with Gasteiger partial charge in [0.1, 0.15) is 5.75 Å². The van der Waals surface area contributed by atoms with Gasteiger partial charge in [0.15, 0.2) is 0 Å². The third-order valence-corrected chi connectivity index (χ3v) is 2.60. The number of hydrogen-bond acceptors (Lipinski definition) is 4. The molecule has 0 aliphatic carbocycles. The fourth-order valence-corrected chi connectivity index (χ4v) is 1.59. The highest BCUT2D eigenvalue weighted by molar-refractivity contribution is 5.96. The van der Waals surface area contributed by atoms with Crippen LogP contribution < -0.4 is 5.32 Å². The van der Waals surface area contributed by atoms with Crippen molar-refractivity contribution in [1.29, 1.82) is 0 Å². The molecule has 1 unspecified atom stereocenters. The van der Waals surface area contributed by atoms with Crippen molar-refractivity contribution in [2.45, 2.75) is 13.0 Å². The normalized spacial score (nSPS) is 11.8. The summed E-state index contributed by atoms with van der Waals surface area (Å²) in [5.74, 6) is -0.462. The van der Waals surface area contributed by atoms with E-state index in [0.717, 1.165) is 5.56 Å². The van der Waals surface area contributed by atoms with Gasteiger partial charge in [-0.2, -0.15) is 0 Å². The first-order valence-electron chi connectivity index (χ1n) is 5.52. The highest BCUT2D eigenvalue weighted by Gasteiger charge is 2.14. The van der Waals surface area contributed by atoms with Crippen LogP contribution in [0.4, 0.5) is 0 Å². The van der Waals surface area contributed by atoms with Gasteiger partial charge in [-0.3, -0.25) is 14.8 Å². The minimum absolute atomic E-state index is 0.128. The number of nitrogens with zero attached hydrogens (tertiary/aromatic N) is 2. The maximum Gasteiger partial charge on any atom is 0.255 e. The van der Waals surface area contributed by atoms with E-state index in [2.05, 4.69) is 15.3 Å². The van der Waals surface area contributed by atoms with Crippen LogP contribution in [0.1, 0.15) is 28.9 Å². The van der Waals surface area contributed by atoms with Crippen LogP contribution in [-0.4, -0.2) is 21.0 Å². The van der Waals surface area contributed by atoms with Gasteiger partial charge in [-0.25, -0.2) is 0 Å². The molecule has 1 atom stereocenters. The monoisotopic (exact) mass is 243 g/mol. The van der Waals surface area contributed by atoms with Crippen LogP contribution in [0, 0.1) is 0 Å². The minimum Gasteiger partial charge on any atom is -0.505 e. The smallest absolute Gasteiger partial charge is 0.255 e. The lowest BCUT2D eigenvalue weighted by atomic mass is 10.1. The molecule has 2 rings (SSSR count). The Bertz CT molecular complexity index is 543. The number of carbonyl (C=O) groups excluding carboxylic acids is 1. The average molecular weight is 243 g/mol. The lowest BCUT2D eigenvalue weighted by molar-refractivity contribution is 0.0937. The van der Waals surface area contributed by atoms with Gasteiger partial charge in [-0.15, -0.1) is 0 Å². The molecule has 5 nitrogen and oxygen atoms in total. The van der Waals surface area contributed by atoms with Crippen LogP contribution in [0.25, 0.3) is 0 Å². The molecule has 1 amide bonds. The fourth-order valence-electron chi connectivity index (χ4n) is 1.59. The van der Waals surface area contributed by atoms with Crippen molar-refractivity contribution in [3.63, 3.8) is 0 Å². The number of rotatable bonds is 3. The summed E-state index contributed by atoms with van der Waals surface area (Å²) in [5, 5.41) is 12.3. The molecule has 0 aromatic carbocycles. The predicted octanol–water partition coefficient (Wildman–Crippen LogP) is 1.67. The Morgan fingerprint density at radius 2 is 1.89 bits per heavy atom. The lowest BCUT2D eigenvalue weighted by Gasteiger charge is -2.14. The number of carbonyl (C=O) groups is 1. The zero-order valence-electron chi connectivity index (χ0n) is 9.87. The highest BCUT2D eigenvalue weighted by Crippen LogP contribution is 2.16. The van der Waals surface area contributed by atoms with Gasteiger partial charge in [0.05, 0.1) is 17.8 Å². The summed E-state index contributed by atoms with van der Waals surface area (Å²) in [6, 6.07) is 4.98. The molecule has 0 fully saturated rings. The fraction of sp³-hybridized carbons (Fsp3) is 0.154. The van der Waals surface area contributed by atoms with E-state index >= 15 is 0 Å². The van der Waals surface area contributed by atoms with E-state index in [1.54, 1.807) is 12.4 Å². The third kappa shape index (κ3) is 2.63. The molecule has 2 aromatic heterocycles. The molecule has 92 valence electrons. The van der Waals surface area contributed by atoms with Gasteiger partial charge in [0.25, 0.3) is 5.91 Å². The number of pyridine rings is 2. The second-order valence-electron chi connectivity index (χ2n) is 3.87. The maximum absolute atomic E-state index is 11.9. The highest BCUT2D eigenvalue weighted by atomic mass is 16.3. The predicted molar refractivity (Wildman–Crippen MR) is 66.0 cm³/mol. The summed E-state index contributed by atoms with van der Waals surface area (Å²) in [7, 11) is 0. The van der Waals surface area contributed by atoms with Gasteiger partial charge in [0.2, 0.25) is 0 Å². The number of hydrogen-bond donors (Lipinski definition) is 2. The average Bonchev–Trinajstić information content (AvgIpc) is 2.40. The minimum atomic E-state index is -0.334. The number of aromatic hydroxyl groups is 1. The molecule has 0 radical (unpaired) electrons. The Balaban J connectivity index is 2.11. The van der Waals surface area contributed by atoms with Gasteiger partial charge >= 0.3 is 0 Å². The molecule has 2 N–H and O–H groups in total. The van der Waals surface area contributed by atoms with E-state index in [-0.39, 0.29) is 23.3 Å². The van der Waals surface area contributed by atoms with E-state index in [1.807, 2.05) is 19.1 Å². The van der Waals surface area contributed by atoms with Crippen LogP contribution in [0.15, 0.2) is 43.0 Å². The zero-order valence-corrected chi connectivity index (χ0v) is 9.87. The molecule has 0 aliphatic heterocycles. The van der Waals surface area contributed by atoms with Crippen molar-refractivity contribution >= 4 is 5.91 Å². The van der Waals surface area contributed by atoms with E-state index < -0.39 is 0 Å². The topological polar surface area (TPSA) is 75.1 Å². The third-order valence-electron chi connectivity index (χ3n) is 2.60. The van der Waals surface area contributed by atoms with Crippen molar-refractivity contribution in [3.05, 3.63) is 54.1 Å². The zero-order chi connectivity index (χ0) is 13.0. The van der Waals surface area contributed by atoms with Crippen molar-refractivity contribution in [3.8, 4) is 5.75 Å². The summed E-state index contributed by atoms with van der Waals surface area (Å²) in [6.45, 7) is 1.87. The van der Waals surface area contributed by atoms with Gasteiger partial charge in [-0.1, -0.05) is 0 Å². The molecular weight excluding hydrogens is 230 g/mol. The van der Waals surface area contributed by atoms with E-state index in [0.29, 0.717) is 0 Å². The number of aromatic nitrogens is 2. The molecule has 18 heavy (non-hydrogen) atoms. The molecule has 0 spiro atoms. The first-order valence-corrected chi connectivity index (χ1v) is 5.52. The van der Waals surface area contributed by atoms with Crippen LogP contribution >= 0.6 is 0 Å². The van der Waals surface area contributed by atoms with Crippen molar-refractivity contribution < 1.29 is 9.90 Å². The van der Waals surface area contributed by atoms with Crippen molar-refractivity contribution in [2.24, 2.45) is 0 Å². The lowest BCUT2D eigenvalue weighted by Crippen LogP contribution is -2.26. The molecule has 0 saturated heterocycles. The maximum atomic E-state index is 11.9. The Kier molecular flexibility index (Phi) is 3.52. The Labute approximate surface area is 105 Å². The van der Waals surface area contributed by atoms with Crippen molar-refractivity contribution in [1.82, 2.24) is 15.3 Å². The molecular formula is C13H13N3O2. The Morgan fingerprint density at radius 3 is 2.56 bits per heavy atom. The number of amides is 1. The van der Waals surface area contributed by atoms with E-state index in [4.69, 9.17) is 0 Å². The van der Waals surface area contributed by atoms with E-state index in [1.165, 1.54) is 18.5 Å². The van der Waals surface area contributed by atoms with Gasteiger partial charge in [-0.05, 0) is 30.7 Å². The Hall–Kier alpha value is -2.43. The molecule has 0 saturated carbocycles. The second kappa shape index (κ2) is 5.27. The quantitative estimate of drug-likeness (QED) is 0.859. The van der Waals surface area contributed by atoms with Crippen LogP contribution in [-0.2, 0) is 0 Å². The van der Waals surface area contributed by atoms with Crippen LogP contribution in [0.2, 0.25) is 0 Å². The van der Waals surface area contributed by atoms with Gasteiger partial charge in [0, 0.05) is 18.6 Å². The molecule has 0 aliphatic rings. The summed E-state index contributed by atoms with van der Waals surface area (Å²) in [6.07, 6.45) is 6.04. The molecule has 2 aromatic rings. The first kappa shape index (κ1) is 12.0. The molecule has 5 heteroatoms. The number of nitrogens with one attached hydrogen (secondary N) is 1. The molecule has 2 heterocycles. The van der Waals surface area contributed by atoms with E-state index in [9.17, 15) is 9.90 Å². The summed E-state index contributed by atoms with van der Waals surface area (Å²) < 4.78 is 0.